The molecule has 0 aliphatic heterocycles. The molecule has 0 saturated heterocycles. The molecule has 0 bridgehead atoms. The molecule has 0 N–H and O–H groups in total. The van der Waals surface area contributed by atoms with Crippen LogP contribution in [0.15, 0.2) is 24.3 Å². The Hall–Kier alpha value is -0.960. The van der Waals surface area contributed by atoms with Gasteiger partial charge in [-0.2, -0.15) is 0 Å². The van der Waals surface area contributed by atoms with Crippen molar-refractivity contribution in [2.24, 2.45) is 0 Å². The van der Waals surface area contributed by atoms with Crippen molar-refractivity contribution in [1.82, 2.24) is 0 Å². The molecule has 1 aromatic carbocycles. The van der Waals surface area contributed by atoms with E-state index < -0.39 is 0 Å². The van der Waals surface area contributed by atoms with Gasteiger partial charge in [-0.25, -0.2) is 4.39 Å². The second-order valence-corrected chi connectivity index (χ2v) is 2.34. The number of hydrogen-bond acceptors (Lipinski definition) is 2. The Labute approximate surface area is 69.8 Å². The van der Waals surface area contributed by atoms with E-state index in [0.717, 1.165) is 0 Å². The van der Waals surface area contributed by atoms with Crippen LogP contribution >= 0.6 is 12.2 Å². The Balaban J connectivity index is 3.03. The molecule has 0 aliphatic carbocycles. The third-order valence-corrected chi connectivity index (χ3v) is 1.67. The summed E-state index contributed by atoms with van der Waals surface area (Å²) in [6.07, 6.45) is 0. The maximum atomic E-state index is 12.9. The molecule has 0 saturated carbocycles. The Morgan fingerprint density at radius 1 is 1.45 bits per heavy atom. The highest BCUT2D eigenvalue weighted by atomic mass is 32.1. The summed E-state index contributed by atoms with van der Waals surface area (Å²) >= 11 is 4.75. The lowest BCUT2D eigenvalue weighted by Crippen LogP contribution is -2.01. The average Bonchev–Trinajstić information content (AvgIpc) is 2.04. The van der Waals surface area contributed by atoms with Crippen molar-refractivity contribution >= 4 is 17.3 Å². The maximum Gasteiger partial charge on any atom is 0.193 e. The fourth-order valence-corrected chi connectivity index (χ4v) is 0.902. The van der Waals surface area contributed by atoms with E-state index in [1.165, 1.54) is 13.2 Å². The van der Waals surface area contributed by atoms with Crippen LogP contribution in [-0.4, -0.2) is 12.2 Å². The van der Waals surface area contributed by atoms with Crippen LogP contribution in [0.4, 0.5) is 4.39 Å². The summed E-state index contributed by atoms with van der Waals surface area (Å²) in [5.74, 6) is -0.348. The van der Waals surface area contributed by atoms with Gasteiger partial charge in [0.25, 0.3) is 0 Å². The Morgan fingerprint density at radius 3 is 2.64 bits per heavy atom. The largest absolute Gasteiger partial charge is 0.486 e. The lowest BCUT2D eigenvalue weighted by Gasteiger charge is -2.01. The third kappa shape index (κ3) is 1.74. The molecule has 0 amide bonds. The van der Waals surface area contributed by atoms with Crippen LogP contribution in [0.3, 0.4) is 0 Å². The van der Waals surface area contributed by atoms with Crippen molar-refractivity contribution in [2.75, 3.05) is 7.11 Å². The van der Waals surface area contributed by atoms with Gasteiger partial charge in [-0.1, -0.05) is 12.1 Å². The number of benzene rings is 1. The Morgan fingerprint density at radius 2 is 2.09 bits per heavy atom. The van der Waals surface area contributed by atoms with Crippen molar-refractivity contribution in [3.8, 4) is 0 Å². The molecular weight excluding hydrogens is 163 g/mol. The molecule has 0 aromatic heterocycles. The smallest absolute Gasteiger partial charge is 0.193 e. The van der Waals surface area contributed by atoms with E-state index in [4.69, 9.17) is 17.0 Å². The van der Waals surface area contributed by atoms with Gasteiger partial charge < -0.3 is 4.74 Å². The molecule has 3 heteroatoms. The van der Waals surface area contributed by atoms with Gasteiger partial charge in [0.15, 0.2) is 5.05 Å². The van der Waals surface area contributed by atoms with Crippen LogP contribution in [-0.2, 0) is 4.74 Å². The first kappa shape index (κ1) is 8.14. The lowest BCUT2D eigenvalue weighted by molar-refractivity contribution is 0.413. The molecular formula is C8H7FOS. The van der Waals surface area contributed by atoms with Gasteiger partial charge >= 0.3 is 0 Å². The maximum absolute atomic E-state index is 12.9. The summed E-state index contributed by atoms with van der Waals surface area (Å²) < 4.78 is 17.6. The standard InChI is InChI=1S/C8H7FOS/c1-10-8(11)6-4-2-3-5-7(6)9/h2-5H,1H3. The Kier molecular flexibility index (Phi) is 2.54. The van der Waals surface area contributed by atoms with E-state index in [9.17, 15) is 4.39 Å². The number of thiocarbonyl (C=S) groups is 1. The minimum atomic E-state index is -0.348. The minimum absolute atomic E-state index is 0.183. The zero-order valence-corrected chi connectivity index (χ0v) is 6.82. The highest BCUT2D eigenvalue weighted by Crippen LogP contribution is 2.07. The highest BCUT2D eigenvalue weighted by molar-refractivity contribution is 7.80. The van der Waals surface area contributed by atoms with Crippen molar-refractivity contribution in [3.63, 3.8) is 0 Å². The van der Waals surface area contributed by atoms with E-state index >= 15 is 0 Å². The summed E-state index contributed by atoms with van der Waals surface area (Å²) in [5.41, 5.74) is 0.338. The molecule has 0 heterocycles. The monoisotopic (exact) mass is 170 g/mol. The number of halogens is 1. The van der Waals surface area contributed by atoms with E-state index in [2.05, 4.69) is 0 Å². The Bertz CT molecular complexity index is 273. The van der Waals surface area contributed by atoms with Crippen LogP contribution in [0, 0.1) is 5.82 Å². The van der Waals surface area contributed by atoms with Crippen LogP contribution in [0.25, 0.3) is 0 Å². The highest BCUT2D eigenvalue weighted by Gasteiger charge is 2.04. The van der Waals surface area contributed by atoms with Crippen LogP contribution in [0.1, 0.15) is 5.56 Å². The minimum Gasteiger partial charge on any atom is -0.486 e. The molecule has 11 heavy (non-hydrogen) atoms. The molecule has 0 aliphatic rings. The molecule has 0 unspecified atom stereocenters. The van der Waals surface area contributed by atoms with Crippen molar-refractivity contribution in [1.29, 1.82) is 0 Å². The lowest BCUT2D eigenvalue weighted by atomic mass is 10.2. The normalized spacial score (nSPS) is 9.27. The summed E-state index contributed by atoms with van der Waals surface area (Å²) in [4.78, 5) is 0. The van der Waals surface area contributed by atoms with Crippen LogP contribution in [0.2, 0.25) is 0 Å². The second kappa shape index (κ2) is 3.44. The summed E-state index contributed by atoms with van der Waals surface area (Å²) in [6, 6.07) is 6.25. The van der Waals surface area contributed by atoms with E-state index in [1.807, 2.05) is 0 Å². The average molecular weight is 170 g/mol. The zero-order valence-electron chi connectivity index (χ0n) is 6.00. The molecule has 0 atom stereocenters. The third-order valence-electron chi connectivity index (χ3n) is 1.28. The molecule has 0 fully saturated rings. The molecule has 1 rings (SSSR count). The number of methoxy groups -OCH3 is 1. The first-order chi connectivity index (χ1) is 5.25. The van der Waals surface area contributed by atoms with Gasteiger partial charge in [0.1, 0.15) is 5.82 Å². The summed E-state index contributed by atoms with van der Waals surface area (Å²) in [6.45, 7) is 0. The fraction of sp³-hybridized carbons (Fsp3) is 0.125. The van der Waals surface area contributed by atoms with E-state index in [1.54, 1.807) is 18.2 Å². The molecule has 0 spiro atoms. The molecule has 58 valence electrons. The second-order valence-electron chi connectivity index (χ2n) is 1.97. The van der Waals surface area contributed by atoms with Gasteiger partial charge in [-0.15, -0.1) is 0 Å². The summed E-state index contributed by atoms with van der Waals surface area (Å²) in [5, 5.41) is 0.183. The zero-order chi connectivity index (χ0) is 8.27. The van der Waals surface area contributed by atoms with Crippen molar-refractivity contribution in [2.45, 2.75) is 0 Å². The van der Waals surface area contributed by atoms with Crippen LogP contribution in [0.5, 0.6) is 0 Å². The van der Waals surface area contributed by atoms with Gasteiger partial charge in [-0.05, 0) is 24.4 Å². The first-order valence-electron chi connectivity index (χ1n) is 3.08. The van der Waals surface area contributed by atoms with Gasteiger partial charge in [-0.3, -0.25) is 0 Å². The van der Waals surface area contributed by atoms with Gasteiger partial charge in [0.05, 0.1) is 12.7 Å². The topological polar surface area (TPSA) is 9.23 Å². The van der Waals surface area contributed by atoms with Gasteiger partial charge in [0, 0.05) is 0 Å². The SMILES string of the molecule is COC(=S)c1ccccc1F. The fourth-order valence-electron chi connectivity index (χ4n) is 0.737. The van der Waals surface area contributed by atoms with Gasteiger partial charge in [0.2, 0.25) is 0 Å². The first-order valence-corrected chi connectivity index (χ1v) is 3.49. The molecule has 1 nitrogen and oxygen atoms in total. The van der Waals surface area contributed by atoms with E-state index in [-0.39, 0.29) is 10.9 Å². The predicted octanol–water partition coefficient (Wildman–Crippen LogP) is 2.15. The van der Waals surface area contributed by atoms with E-state index in [0.29, 0.717) is 5.56 Å². The molecule has 1 aromatic rings. The number of hydrogen-bond donors (Lipinski definition) is 0. The predicted molar refractivity (Wildman–Crippen MR) is 45.1 cm³/mol. The summed E-state index contributed by atoms with van der Waals surface area (Å²) in [7, 11) is 1.43. The number of rotatable bonds is 1. The van der Waals surface area contributed by atoms with Crippen LogP contribution < -0.4 is 0 Å². The van der Waals surface area contributed by atoms with Crippen molar-refractivity contribution < 1.29 is 9.13 Å². The van der Waals surface area contributed by atoms with Crippen molar-refractivity contribution in [3.05, 3.63) is 35.6 Å². The molecule has 0 radical (unpaired) electrons. The quantitative estimate of drug-likeness (QED) is 0.597. The number of ether oxygens (including phenoxy) is 1.